The highest BCUT2D eigenvalue weighted by atomic mass is 35.5. The van der Waals surface area contributed by atoms with Crippen molar-refractivity contribution in [3.8, 4) is 11.3 Å². The van der Waals surface area contributed by atoms with Gasteiger partial charge in [0, 0.05) is 12.6 Å². The number of rotatable bonds is 6. The minimum absolute atomic E-state index is 0.00130. The number of carbonyl (C=O) groups is 2. The average Bonchev–Trinajstić information content (AvgIpc) is 3.31. The molecular weight excluding hydrogens is 358 g/mol. The highest BCUT2D eigenvalue weighted by molar-refractivity contribution is 6.33. The van der Waals surface area contributed by atoms with E-state index in [9.17, 15) is 9.59 Å². The summed E-state index contributed by atoms with van der Waals surface area (Å²) in [6.45, 7) is -0.0983. The quantitative estimate of drug-likeness (QED) is 0.610. The van der Waals surface area contributed by atoms with Gasteiger partial charge < -0.3 is 18.5 Å². The maximum absolute atomic E-state index is 12.1. The summed E-state index contributed by atoms with van der Waals surface area (Å²) in [5.74, 6) is 0.0171. The van der Waals surface area contributed by atoms with Crippen LogP contribution in [0.1, 0.15) is 16.3 Å². The number of halogens is 1. The Morgan fingerprint density at radius 2 is 1.92 bits per heavy atom. The van der Waals surface area contributed by atoms with Gasteiger partial charge in [0.15, 0.2) is 6.61 Å². The summed E-state index contributed by atoms with van der Waals surface area (Å²) in [5, 5.41) is 0.511. The molecule has 7 heteroatoms. The molecular formula is C19H16ClNO5. The fourth-order valence-electron chi connectivity index (χ4n) is 2.29. The predicted molar refractivity (Wildman–Crippen MR) is 94.6 cm³/mol. The lowest BCUT2D eigenvalue weighted by molar-refractivity contribution is -0.134. The van der Waals surface area contributed by atoms with Crippen molar-refractivity contribution in [1.82, 2.24) is 4.90 Å². The zero-order valence-electron chi connectivity index (χ0n) is 14.0. The van der Waals surface area contributed by atoms with Crippen LogP contribution >= 0.6 is 11.6 Å². The predicted octanol–water partition coefficient (Wildman–Crippen LogP) is 4.01. The van der Waals surface area contributed by atoms with E-state index in [1.807, 2.05) is 6.07 Å². The molecule has 1 amide bonds. The Morgan fingerprint density at radius 3 is 2.65 bits per heavy atom. The van der Waals surface area contributed by atoms with Crippen molar-refractivity contribution in [3.63, 3.8) is 0 Å². The van der Waals surface area contributed by atoms with E-state index in [2.05, 4.69) is 0 Å². The Kier molecular flexibility index (Phi) is 5.43. The number of carbonyl (C=O) groups excluding carboxylic acids is 2. The minimum atomic E-state index is -0.719. The minimum Gasteiger partial charge on any atom is -0.467 e. The second kappa shape index (κ2) is 7.93. The molecule has 2 heterocycles. The number of benzene rings is 1. The van der Waals surface area contributed by atoms with Crippen LogP contribution in [0.4, 0.5) is 0 Å². The molecule has 0 radical (unpaired) electrons. The van der Waals surface area contributed by atoms with Crippen molar-refractivity contribution in [1.29, 1.82) is 0 Å². The van der Waals surface area contributed by atoms with Crippen molar-refractivity contribution in [2.45, 2.75) is 6.54 Å². The fraction of sp³-hybridized carbons (Fsp3) is 0.158. The zero-order chi connectivity index (χ0) is 18.5. The second-order valence-corrected chi connectivity index (χ2v) is 5.96. The van der Waals surface area contributed by atoms with Crippen molar-refractivity contribution in [3.05, 3.63) is 71.3 Å². The molecule has 0 bridgehead atoms. The number of amides is 1. The number of ether oxygens (including phenoxy) is 1. The summed E-state index contributed by atoms with van der Waals surface area (Å²) in [4.78, 5) is 25.5. The molecule has 1 aromatic carbocycles. The first kappa shape index (κ1) is 17.8. The van der Waals surface area contributed by atoms with Crippen molar-refractivity contribution in [2.24, 2.45) is 0 Å². The third kappa shape index (κ3) is 4.15. The first-order valence-corrected chi connectivity index (χ1v) is 8.20. The number of hydrogen-bond donors (Lipinski definition) is 0. The monoisotopic (exact) mass is 373 g/mol. The molecule has 0 saturated heterocycles. The third-order valence-corrected chi connectivity index (χ3v) is 4.00. The lowest BCUT2D eigenvalue weighted by atomic mass is 10.2. The van der Waals surface area contributed by atoms with Crippen LogP contribution in [0.25, 0.3) is 11.3 Å². The van der Waals surface area contributed by atoms with Gasteiger partial charge in [0.2, 0.25) is 5.76 Å². The van der Waals surface area contributed by atoms with E-state index in [0.717, 1.165) is 0 Å². The van der Waals surface area contributed by atoms with E-state index in [0.29, 0.717) is 28.7 Å². The Bertz CT molecular complexity index is 900. The van der Waals surface area contributed by atoms with Crippen LogP contribution in [0.2, 0.25) is 5.02 Å². The van der Waals surface area contributed by atoms with E-state index in [4.69, 9.17) is 25.2 Å². The summed E-state index contributed by atoms with van der Waals surface area (Å²) in [6, 6.07) is 13.7. The van der Waals surface area contributed by atoms with Crippen LogP contribution in [0, 0.1) is 0 Å². The van der Waals surface area contributed by atoms with Crippen molar-refractivity contribution >= 4 is 23.5 Å². The molecule has 0 saturated carbocycles. The standard InChI is InChI=1S/C19H16ClNO5/c1-21(11-13-5-4-10-24-13)18(22)12-25-19(23)17-9-8-16(26-17)14-6-2-3-7-15(14)20/h2-10H,11-12H2,1H3. The lowest BCUT2D eigenvalue weighted by Crippen LogP contribution is -2.30. The SMILES string of the molecule is CN(Cc1ccco1)C(=O)COC(=O)c1ccc(-c2ccccc2Cl)o1. The van der Waals surface area contributed by atoms with Gasteiger partial charge in [-0.2, -0.15) is 0 Å². The highest BCUT2D eigenvalue weighted by Crippen LogP contribution is 2.29. The van der Waals surface area contributed by atoms with Gasteiger partial charge in [0.1, 0.15) is 11.5 Å². The number of hydrogen-bond acceptors (Lipinski definition) is 5. The zero-order valence-corrected chi connectivity index (χ0v) is 14.7. The average molecular weight is 374 g/mol. The van der Waals surface area contributed by atoms with E-state index in [1.54, 1.807) is 43.4 Å². The largest absolute Gasteiger partial charge is 0.467 e. The molecule has 0 aliphatic carbocycles. The molecule has 0 aliphatic heterocycles. The molecule has 3 aromatic rings. The molecule has 2 aromatic heterocycles. The smallest absolute Gasteiger partial charge is 0.374 e. The summed E-state index contributed by atoms with van der Waals surface area (Å²) in [7, 11) is 1.60. The first-order chi connectivity index (χ1) is 12.5. The lowest BCUT2D eigenvalue weighted by Gasteiger charge is -2.15. The first-order valence-electron chi connectivity index (χ1n) is 7.83. The van der Waals surface area contributed by atoms with Gasteiger partial charge in [-0.05, 0) is 36.4 Å². The molecule has 0 atom stereocenters. The van der Waals surface area contributed by atoms with Gasteiger partial charge in [-0.3, -0.25) is 4.79 Å². The Labute approximate surface area is 154 Å². The van der Waals surface area contributed by atoms with E-state index in [1.165, 1.54) is 17.2 Å². The topological polar surface area (TPSA) is 72.9 Å². The molecule has 26 heavy (non-hydrogen) atoms. The molecule has 0 N–H and O–H groups in total. The van der Waals surface area contributed by atoms with Gasteiger partial charge in [-0.15, -0.1) is 0 Å². The van der Waals surface area contributed by atoms with Crippen LogP contribution in [0.3, 0.4) is 0 Å². The molecule has 0 aliphatic rings. The third-order valence-electron chi connectivity index (χ3n) is 3.67. The maximum Gasteiger partial charge on any atom is 0.374 e. The molecule has 0 unspecified atom stereocenters. The maximum atomic E-state index is 12.1. The summed E-state index contributed by atoms with van der Waals surface area (Å²) >= 11 is 6.11. The van der Waals surface area contributed by atoms with Gasteiger partial charge in [-0.25, -0.2) is 4.79 Å². The fourth-order valence-corrected chi connectivity index (χ4v) is 2.52. The van der Waals surface area contributed by atoms with Crippen LogP contribution in [-0.4, -0.2) is 30.4 Å². The van der Waals surface area contributed by atoms with Crippen molar-refractivity contribution < 1.29 is 23.2 Å². The van der Waals surface area contributed by atoms with Gasteiger partial charge in [0.05, 0.1) is 17.8 Å². The summed E-state index contributed by atoms with van der Waals surface area (Å²) in [5.41, 5.74) is 0.669. The van der Waals surface area contributed by atoms with Gasteiger partial charge >= 0.3 is 5.97 Å². The number of nitrogens with zero attached hydrogens (tertiary/aromatic N) is 1. The Balaban J connectivity index is 1.57. The molecule has 6 nitrogen and oxygen atoms in total. The number of esters is 1. The normalized spacial score (nSPS) is 10.5. The van der Waals surface area contributed by atoms with Crippen LogP contribution in [0.15, 0.2) is 63.6 Å². The Hall–Kier alpha value is -2.99. The number of furan rings is 2. The molecule has 0 fully saturated rings. The van der Waals surface area contributed by atoms with Gasteiger partial charge in [0.25, 0.3) is 5.91 Å². The van der Waals surface area contributed by atoms with Crippen LogP contribution in [-0.2, 0) is 16.1 Å². The Morgan fingerprint density at radius 1 is 1.12 bits per heavy atom. The molecule has 0 spiro atoms. The van der Waals surface area contributed by atoms with Crippen LogP contribution in [0.5, 0.6) is 0 Å². The van der Waals surface area contributed by atoms with E-state index in [-0.39, 0.29) is 11.7 Å². The summed E-state index contributed by atoms with van der Waals surface area (Å²) in [6.07, 6.45) is 1.53. The summed E-state index contributed by atoms with van der Waals surface area (Å²) < 4.78 is 15.7. The molecule has 134 valence electrons. The number of likely N-dealkylation sites (N-methyl/N-ethyl adjacent to an activating group) is 1. The van der Waals surface area contributed by atoms with E-state index >= 15 is 0 Å². The van der Waals surface area contributed by atoms with Crippen molar-refractivity contribution in [2.75, 3.05) is 13.7 Å². The van der Waals surface area contributed by atoms with E-state index < -0.39 is 12.6 Å². The molecule has 3 rings (SSSR count). The van der Waals surface area contributed by atoms with Gasteiger partial charge in [-0.1, -0.05) is 23.7 Å². The van der Waals surface area contributed by atoms with Crippen LogP contribution < -0.4 is 0 Å². The second-order valence-electron chi connectivity index (χ2n) is 5.55. The highest BCUT2D eigenvalue weighted by Gasteiger charge is 2.18.